The summed E-state index contributed by atoms with van der Waals surface area (Å²) in [5.41, 5.74) is 0. The van der Waals surface area contributed by atoms with Gasteiger partial charge in [0, 0.05) is 18.6 Å². The summed E-state index contributed by atoms with van der Waals surface area (Å²) in [7, 11) is 0. The maximum absolute atomic E-state index is 7.13. The monoisotopic (exact) mass is 306 g/mol. The maximum Gasteiger partial charge on any atom is 0.168 e. The van der Waals surface area contributed by atoms with Gasteiger partial charge in [0.2, 0.25) is 0 Å². The molecule has 0 aromatic carbocycles. The molecule has 3 heteroatoms. The molecule has 1 rings (SSSR count). The number of unbranched alkanes of at least 4 members (excludes halogenated alkanes) is 9. The van der Waals surface area contributed by atoms with Crippen LogP contribution < -0.4 is 4.57 Å². The third-order valence-electron chi connectivity index (χ3n) is 3.55. The van der Waals surface area contributed by atoms with Gasteiger partial charge >= 0.3 is 0 Å². The van der Waals surface area contributed by atoms with Gasteiger partial charge in [-0.1, -0.05) is 69.8 Å². The number of hydrogen-bond donors (Lipinski definition) is 0. The molecular formula is C18H30N2S. The first-order valence-corrected chi connectivity index (χ1v) is 8.71. The minimum Gasteiger partial charge on any atom is -0.696 e. The van der Waals surface area contributed by atoms with Gasteiger partial charge in [0.15, 0.2) is 12.4 Å². The minimum atomic E-state index is 1.18. The van der Waals surface area contributed by atoms with E-state index in [9.17, 15) is 0 Å². The lowest BCUT2D eigenvalue weighted by atomic mass is 10.1. The second-order valence-corrected chi connectivity index (χ2v) is 5.57. The van der Waals surface area contributed by atoms with Crippen LogP contribution in [0.3, 0.4) is 0 Å². The number of hydrogen-bond acceptors (Lipinski definition) is 2. The van der Waals surface area contributed by atoms with Crippen molar-refractivity contribution in [1.29, 1.82) is 5.26 Å². The Balaban J connectivity index is 0.00000122. The SMILES string of the molecule is CCCCCCCCCCCC[n+]1ccccc1.N#C[S-]. The normalized spacial score (nSPS) is 9.52. The summed E-state index contributed by atoms with van der Waals surface area (Å²) in [5.74, 6) is 0. The fourth-order valence-corrected chi connectivity index (χ4v) is 2.37. The van der Waals surface area contributed by atoms with Crippen LogP contribution in [0.1, 0.15) is 71.1 Å². The molecule has 0 atom stereocenters. The molecule has 2 nitrogen and oxygen atoms in total. The van der Waals surface area contributed by atoms with Gasteiger partial charge in [-0.3, -0.25) is 0 Å². The van der Waals surface area contributed by atoms with Crippen LogP contribution in [0.5, 0.6) is 0 Å². The van der Waals surface area contributed by atoms with Crippen LogP contribution in [-0.4, -0.2) is 0 Å². The smallest absolute Gasteiger partial charge is 0.168 e. The van der Waals surface area contributed by atoms with Crippen LogP contribution in [0.15, 0.2) is 30.6 Å². The standard InChI is InChI=1S/C17H30N.CHNS/c1-2-3-4-5-6-7-8-9-10-12-15-18-16-13-11-14-17-18;2-1-3/h11,13-14,16-17H,2-10,12,15H2,1H3;3H/q+1;/p-1. The second kappa shape index (κ2) is 16.9. The summed E-state index contributed by atoms with van der Waals surface area (Å²) in [6, 6.07) is 6.29. The summed E-state index contributed by atoms with van der Waals surface area (Å²) < 4.78 is 2.28. The molecule has 21 heavy (non-hydrogen) atoms. The van der Waals surface area contributed by atoms with Crippen LogP contribution in [-0.2, 0) is 19.2 Å². The molecular weight excluding hydrogens is 276 g/mol. The van der Waals surface area contributed by atoms with Crippen LogP contribution >= 0.6 is 0 Å². The minimum absolute atomic E-state index is 1.18. The highest BCUT2D eigenvalue weighted by atomic mass is 32.1. The van der Waals surface area contributed by atoms with Crippen LogP contribution in [0.25, 0.3) is 0 Å². The predicted molar refractivity (Wildman–Crippen MR) is 91.5 cm³/mol. The number of nitriles is 1. The molecule has 0 saturated heterocycles. The zero-order valence-corrected chi connectivity index (χ0v) is 14.3. The van der Waals surface area contributed by atoms with Crippen molar-refractivity contribution in [1.82, 2.24) is 0 Å². The largest absolute Gasteiger partial charge is 0.696 e. The van der Waals surface area contributed by atoms with Crippen molar-refractivity contribution in [2.45, 2.75) is 77.7 Å². The van der Waals surface area contributed by atoms with Crippen LogP contribution in [0, 0.1) is 10.7 Å². The van der Waals surface area contributed by atoms with Crippen LogP contribution in [0.2, 0.25) is 0 Å². The van der Waals surface area contributed by atoms with E-state index >= 15 is 0 Å². The average molecular weight is 307 g/mol. The number of aromatic nitrogens is 1. The molecule has 0 radical (unpaired) electrons. The van der Waals surface area contributed by atoms with Crippen LogP contribution in [0.4, 0.5) is 0 Å². The molecule has 0 saturated carbocycles. The number of nitrogens with zero attached hydrogens (tertiary/aromatic N) is 2. The molecule has 0 aliphatic rings. The zero-order valence-electron chi connectivity index (χ0n) is 13.5. The van der Waals surface area contributed by atoms with Gasteiger partial charge in [0.1, 0.15) is 6.54 Å². The Labute approximate surface area is 136 Å². The van der Waals surface area contributed by atoms with Gasteiger partial charge in [-0.2, -0.15) is 0 Å². The van der Waals surface area contributed by atoms with Gasteiger partial charge in [0.05, 0.1) is 0 Å². The quantitative estimate of drug-likeness (QED) is 0.251. The van der Waals surface area contributed by atoms with Crippen molar-refractivity contribution in [2.75, 3.05) is 0 Å². The number of rotatable bonds is 11. The number of thiocyanates is 1. The van der Waals surface area contributed by atoms with Crippen molar-refractivity contribution >= 4 is 12.6 Å². The molecule has 1 heterocycles. The highest BCUT2D eigenvalue weighted by Crippen LogP contribution is 2.10. The van der Waals surface area contributed by atoms with E-state index < -0.39 is 0 Å². The Kier molecular flexibility index (Phi) is 16.0. The molecule has 0 unspecified atom stereocenters. The fraction of sp³-hybridized carbons (Fsp3) is 0.667. The Morgan fingerprint density at radius 3 is 1.71 bits per heavy atom. The predicted octanol–water partition coefficient (Wildman–Crippen LogP) is 4.91. The number of pyridine rings is 1. The van der Waals surface area contributed by atoms with Gasteiger partial charge < -0.3 is 12.6 Å². The van der Waals surface area contributed by atoms with Crippen molar-refractivity contribution in [3.8, 4) is 5.40 Å². The third-order valence-corrected chi connectivity index (χ3v) is 3.55. The van der Waals surface area contributed by atoms with Crippen molar-refractivity contribution in [3.63, 3.8) is 0 Å². The van der Waals surface area contributed by atoms with E-state index in [4.69, 9.17) is 5.26 Å². The Bertz CT molecular complexity index is 346. The molecule has 0 fully saturated rings. The summed E-state index contributed by atoms with van der Waals surface area (Å²) in [6.45, 7) is 3.46. The average Bonchev–Trinajstić information content (AvgIpc) is 2.51. The molecule has 1 aromatic heterocycles. The molecule has 0 spiro atoms. The maximum atomic E-state index is 7.13. The van der Waals surface area contributed by atoms with E-state index in [0.29, 0.717) is 0 Å². The van der Waals surface area contributed by atoms with E-state index in [2.05, 4.69) is 54.7 Å². The zero-order chi connectivity index (χ0) is 15.6. The topological polar surface area (TPSA) is 27.7 Å². The Morgan fingerprint density at radius 1 is 0.810 bits per heavy atom. The molecule has 0 bridgehead atoms. The molecule has 118 valence electrons. The van der Waals surface area contributed by atoms with E-state index in [1.807, 2.05) is 0 Å². The lowest BCUT2D eigenvalue weighted by Crippen LogP contribution is -2.32. The highest BCUT2D eigenvalue weighted by molar-refractivity contribution is 7.64. The van der Waals surface area contributed by atoms with Crippen molar-refractivity contribution in [3.05, 3.63) is 30.6 Å². The first-order chi connectivity index (χ1) is 10.3. The first-order valence-electron chi connectivity index (χ1n) is 8.30. The molecule has 0 aliphatic carbocycles. The van der Waals surface area contributed by atoms with E-state index in [-0.39, 0.29) is 0 Å². The van der Waals surface area contributed by atoms with Crippen molar-refractivity contribution < 1.29 is 4.57 Å². The third kappa shape index (κ3) is 15.1. The number of aryl methyl sites for hydroxylation is 1. The summed E-state index contributed by atoms with van der Waals surface area (Å²) in [4.78, 5) is 0. The first kappa shape index (κ1) is 19.9. The summed E-state index contributed by atoms with van der Waals surface area (Å²) in [6.07, 6.45) is 18.5. The second-order valence-electron chi connectivity index (χ2n) is 5.39. The van der Waals surface area contributed by atoms with Gasteiger partial charge in [-0.25, -0.2) is 9.83 Å². The molecule has 1 aromatic rings. The summed E-state index contributed by atoms with van der Waals surface area (Å²) in [5, 5.41) is 8.47. The highest BCUT2D eigenvalue weighted by Gasteiger charge is 1.97. The summed E-state index contributed by atoms with van der Waals surface area (Å²) >= 11 is 3.70. The Morgan fingerprint density at radius 2 is 1.24 bits per heavy atom. The van der Waals surface area contributed by atoms with Gasteiger partial charge in [-0.05, 0) is 6.42 Å². The van der Waals surface area contributed by atoms with Gasteiger partial charge in [-0.15, -0.1) is 0 Å². The Hall–Kier alpha value is -1.14. The lowest BCUT2D eigenvalue weighted by molar-refractivity contribution is -0.697. The molecule has 0 aliphatic heterocycles. The van der Waals surface area contributed by atoms with E-state index in [1.165, 1.54) is 76.2 Å². The van der Waals surface area contributed by atoms with Crippen molar-refractivity contribution in [2.24, 2.45) is 0 Å². The molecule has 0 amide bonds. The molecule has 0 N–H and O–H groups in total. The fourth-order valence-electron chi connectivity index (χ4n) is 2.37. The van der Waals surface area contributed by atoms with Gasteiger partial charge in [0.25, 0.3) is 0 Å². The van der Waals surface area contributed by atoms with E-state index in [1.54, 1.807) is 0 Å². The van der Waals surface area contributed by atoms with E-state index in [0.717, 1.165) is 0 Å². The lowest BCUT2D eigenvalue weighted by Gasteiger charge is -2.01.